The first-order valence-electron chi connectivity index (χ1n) is 9.25. The summed E-state index contributed by atoms with van der Waals surface area (Å²) in [5.74, 6) is -0.229. The first-order chi connectivity index (χ1) is 13.7. The Morgan fingerprint density at radius 2 is 1.83 bits per heavy atom. The molecule has 10 heteroatoms. The van der Waals surface area contributed by atoms with Crippen molar-refractivity contribution in [2.75, 3.05) is 18.4 Å². The summed E-state index contributed by atoms with van der Waals surface area (Å²) >= 11 is 1.49. The maximum Gasteiger partial charge on any atom is 0.252 e. The van der Waals surface area contributed by atoms with Crippen LogP contribution in [0.5, 0.6) is 0 Å². The summed E-state index contributed by atoms with van der Waals surface area (Å²) in [4.78, 5) is 26.8. The number of nitrogens with two attached hydrogens (primary N) is 1. The second-order valence-electron chi connectivity index (χ2n) is 7.03. The number of primary sulfonamides is 1. The average Bonchev–Trinajstić information content (AvgIpc) is 3.23. The number of benzene rings is 1. The van der Waals surface area contributed by atoms with E-state index in [-0.39, 0.29) is 28.8 Å². The molecule has 3 rings (SSSR count). The summed E-state index contributed by atoms with van der Waals surface area (Å²) < 4.78 is 22.6. The van der Waals surface area contributed by atoms with Crippen LogP contribution in [0.4, 0.5) is 5.69 Å². The number of thiophene rings is 1. The molecule has 0 bridgehead atoms. The first kappa shape index (κ1) is 21.4. The van der Waals surface area contributed by atoms with Gasteiger partial charge in [-0.25, -0.2) is 13.6 Å². The second kappa shape index (κ2) is 9.04. The van der Waals surface area contributed by atoms with Crippen molar-refractivity contribution in [3.05, 3.63) is 46.7 Å². The van der Waals surface area contributed by atoms with Crippen molar-refractivity contribution in [3.63, 3.8) is 0 Å². The smallest absolute Gasteiger partial charge is 0.252 e. The van der Waals surface area contributed by atoms with Gasteiger partial charge in [-0.05, 0) is 55.5 Å². The molecule has 8 nitrogen and oxygen atoms in total. The Balaban J connectivity index is 1.49. The summed E-state index contributed by atoms with van der Waals surface area (Å²) in [7, 11) is -3.76. The molecule has 2 heterocycles. The fraction of sp³-hybridized carbons (Fsp3) is 0.368. The van der Waals surface area contributed by atoms with E-state index in [1.165, 1.54) is 35.6 Å². The number of anilines is 1. The number of piperidine rings is 1. The lowest BCUT2D eigenvalue weighted by molar-refractivity contribution is -0.121. The highest BCUT2D eigenvalue weighted by Gasteiger charge is 2.27. The molecule has 1 unspecified atom stereocenters. The summed E-state index contributed by atoms with van der Waals surface area (Å²) in [6.07, 6.45) is 1.55. The summed E-state index contributed by atoms with van der Waals surface area (Å²) in [6.45, 7) is 3.24. The molecule has 0 radical (unpaired) electrons. The minimum Gasteiger partial charge on any atom is -0.349 e. The molecule has 4 N–H and O–H groups in total. The van der Waals surface area contributed by atoms with Crippen LogP contribution in [0.3, 0.4) is 0 Å². The van der Waals surface area contributed by atoms with Crippen LogP contribution in [0, 0.1) is 0 Å². The molecule has 2 amide bonds. The number of nitrogens with zero attached hydrogens (tertiary/aromatic N) is 1. The minimum atomic E-state index is -3.76. The van der Waals surface area contributed by atoms with Crippen LogP contribution in [0.25, 0.3) is 0 Å². The molecule has 1 saturated heterocycles. The van der Waals surface area contributed by atoms with E-state index in [2.05, 4.69) is 15.5 Å². The zero-order valence-electron chi connectivity index (χ0n) is 16.0. The van der Waals surface area contributed by atoms with Crippen molar-refractivity contribution in [2.45, 2.75) is 36.7 Å². The van der Waals surface area contributed by atoms with Gasteiger partial charge in [-0.1, -0.05) is 0 Å². The normalized spacial score (nSPS) is 16.9. The van der Waals surface area contributed by atoms with E-state index >= 15 is 0 Å². The maximum absolute atomic E-state index is 12.5. The van der Waals surface area contributed by atoms with E-state index in [4.69, 9.17) is 5.14 Å². The predicted octanol–water partition coefficient (Wildman–Crippen LogP) is 1.62. The molecule has 0 aliphatic carbocycles. The van der Waals surface area contributed by atoms with Gasteiger partial charge >= 0.3 is 0 Å². The van der Waals surface area contributed by atoms with Gasteiger partial charge in [-0.2, -0.15) is 11.3 Å². The molecule has 1 aliphatic rings. The maximum atomic E-state index is 12.5. The molecule has 1 aliphatic heterocycles. The van der Waals surface area contributed by atoms with Crippen LogP contribution in [0.1, 0.15) is 30.1 Å². The number of rotatable bonds is 6. The Bertz CT molecular complexity index is 951. The van der Waals surface area contributed by atoms with Gasteiger partial charge in [-0.15, -0.1) is 0 Å². The van der Waals surface area contributed by atoms with Crippen LogP contribution in [0.2, 0.25) is 0 Å². The zero-order chi connectivity index (χ0) is 21.0. The van der Waals surface area contributed by atoms with Crippen molar-refractivity contribution >= 4 is 38.9 Å². The van der Waals surface area contributed by atoms with Crippen molar-refractivity contribution in [3.8, 4) is 0 Å². The lowest BCUT2D eigenvalue weighted by Crippen LogP contribution is -2.50. The Morgan fingerprint density at radius 3 is 2.38 bits per heavy atom. The third-order valence-corrected chi connectivity index (χ3v) is 6.64. The number of nitrogens with one attached hydrogen (secondary N) is 2. The quantitative estimate of drug-likeness (QED) is 0.635. The van der Waals surface area contributed by atoms with E-state index in [1.54, 1.807) is 6.07 Å². The third-order valence-electron chi connectivity index (χ3n) is 5.03. The molecular weight excluding hydrogens is 412 g/mol. The van der Waals surface area contributed by atoms with Gasteiger partial charge in [0.15, 0.2) is 0 Å². The number of carbonyl (C=O) groups is 2. The van der Waals surface area contributed by atoms with Crippen molar-refractivity contribution in [2.24, 2.45) is 5.14 Å². The monoisotopic (exact) mass is 436 g/mol. The largest absolute Gasteiger partial charge is 0.349 e. The molecule has 1 atom stereocenters. The third kappa shape index (κ3) is 5.63. The van der Waals surface area contributed by atoms with Crippen molar-refractivity contribution < 1.29 is 18.0 Å². The van der Waals surface area contributed by atoms with E-state index < -0.39 is 10.0 Å². The predicted molar refractivity (Wildman–Crippen MR) is 112 cm³/mol. The molecule has 1 aromatic heterocycles. The van der Waals surface area contributed by atoms with E-state index in [1.807, 2.05) is 17.7 Å². The highest BCUT2D eigenvalue weighted by Crippen LogP contribution is 2.17. The minimum absolute atomic E-state index is 0.00452. The van der Waals surface area contributed by atoms with E-state index in [0.29, 0.717) is 24.3 Å². The van der Waals surface area contributed by atoms with Crippen LogP contribution in [-0.2, 0) is 14.8 Å². The number of amides is 2. The van der Waals surface area contributed by atoms with Gasteiger partial charge in [0.1, 0.15) is 0 Å². The fourth-order valence-corrected chi connectivity index (χ4v) is 4.39. The molecule has 29 heavy (non-hydrogen) atoms. The average molecular weight is 437 g/mol. The number of hydrogen-bond acceptors (Lipinski definition) is 6. The van der Waals surface area contributed by atoms with Crippen LogP contribution in [0.15, 0.2) is 46.0 Å². The van der Waals surface area contributed by atoms with Crippen molar-refractivity contribution in [1.29, 1.82) is 0 Å². The standard InChI is InChI=1S/C19H24N4O4S2/c1-13(18(24)21-15-2-4-17(5-3-15)29(20,26)27)23-9-6-16(7-10-23)22-19(25)14-8-11-28-12-14/h2-5,8,11-13,16H,6-7,9-10H2,1H3,(H,21,24)(H,22,25)(H2,20,26,27). The second-order valence-corrected chi connectivity index (χ2v) is 9.37. The Hall–Kier alpha value is -2.27. The topological polar surface area (TPSA) is 122 Å². The lowest BCUT2D eigenvalue weighted by atomic mass is 10.0. The Labute approximate surface area is 174 Å². The Morgan fingerprint density at radius 1 is 1.17 bits per heavy atom. The molecule has 2 aromatic rings. The molecule has 1 aromatic carbocycles. The zero-order valence-corrected chi connectivity index (χ0v) is 17.6. The number of hydrogen-bond donors (Lipinski definition) is 3. The van der Waals surface area contributed by atoms with E-state index in [9.17, 15) is 18.0 Å². The van der Waals surface area contributed by atoms with Gasteiger partial charge in [0.25, 0.3) is 5.91 Å². The van der Waals surface area contributed by atoms with Crippen LogP contribution in [-0.4, -0.2) is 50.3 Å². The first-order valence-corrected chi connectivity index (χ1v) is 11.7. The van der Waals surface area contributed by atoms with Gasteiger partial charge in [0, 0.05) is 35.8 Å². The van der Waals surface area contributed by atoms with Crippen LogP contribution < -0.4 is 15.8 Å². The SMILES string of the molecule is CC(C(=O)Nc1ccc(S(N)(=O)=O)cc1)N1CCC(NC(=O)c2ccsc2)CC1. The van der Waals surface area contributed by atoms with E-state index in [0.717, 1.165) is 12.8 Å². The van der Waals surface area contributed by atoms with Gasteiger partial charge in [0.05, 0.1) is 10.9 Å². The number of likely N-dealkylation sites (tertiary alicyclic amines) is 1. The van der Waals surface area contributed by atoms with Crippen LogP contribution >= 0.6 is 11.3 Å². The summed E-state index contributed by atoms with van der Waals surface area (Å²) in [5, 5.41) is 14.6. The fourth-order valence-electron chi connectivity index (χ4n) is 3.23. The highest BCUT2D eigenvalue weighted by atomic mass is 32.2. The molecule has 1 fully saturated rings. The molecule has 0 saturated carbocycles. The lowest BCUT2D eigenvalue weighted by Gasteiger charge is -2.35. The van der Waals surface area contributed by atoms with Gasteiger partial charge < -0.3 is 10.6 Å². The van der Waals surface area contributed by atoms with Gasteiger partial charge in [-0.3, -0.25) is 14.5 Å². The van der Waals surface area contributed by atoms with Crippen molar-refractivity contribution in [1.82, 2.24) is 10.2 Å². The summed E-state index contributed by atoms with van der Waals surface area (Å²) in [6, 6.07) is 7.29. The Kier molecular flexibility index (Phi) is 6.68. The summed E-state index contributed by atoms with van der Waals surface area (Å²) in [5.41, 5.74) is 1.19. The number of sulfonamides is 1. The molecule has 0 spiro atoms. The number of carbonyl (C=O) groups excluding carboxylic acids is 2. The molecular formula is C19H24N4O4S2. The highest BCUT2D eigenvalue weighted by molar-refractivity contribution is 7.89. The van der Waals surface area contributed by atoms with Gasteiger partial charge in [0.2, 0.25) is 15.9 Å². The molecule has 156 valence electrons.